The first-order chi connectivity index (χ1) is 12.5. The van der Waals surface area contributed by atoms with Crippen LogP contribution in [0.25, 0.3) is 10.9 Å². The van der Waals surface area contributed by atoms with Crippen molar-refractivity contribution in [2.24, 2.45) is 0 Å². The molecule has 0 spiro atoms. The number of hydrogen-bond acceptors (Lipinski definition) is 5. The molecule has 1 N–H and O–H groups in total. The number of esters is 1. The van der Waals surface area contributed by atoms with Gasteiger partial charge < -0.3 is 14.4 Å². The predicted molar refractivity (Wildman–Crippen MR) is 105 cm³/mol. The van der Waals surface area contributed by atoms with Crippen LogP contribution < -0.4 is 5.56 Å². The number of aromatic nitrogens is 1. The number of carbonyl (C=O) groups excluding carboxylic acids is 2. The van der Waals surface area contributed by atoms with Crippen LogP contribution in [0.1, 0.15) is 73.7 Å². The molecule has 0 saturated carbocycles. The highest BCUT2D eigenvalue weighted by Gasteiger charge is 2.27. The molecule has 0 amide bonds. The van der Waals surface area contributed by atoms with Crippen LogP contribution in [-0.4, -0.2) is 27.0 Å². The highest BCUT2D eigenvalue weighted by molar-refractivity contribution is 6.05. The van der Waals surface area contributed by atoms with Gasteiger partial charge in [0.25, 0.3) is 5.56 Å². The van der Waals surface area contributed by atoms with E-state index in [-0.39, 0.29) is 5.78 Å². The zero-order chi connectivity index (χ0) is 20.5. The normalized spacial score (nSPS) is 11.6. The fraction of sp³-hybridized carbons (Fsp3) is 0.476. The van der Waals surface area contributed by atoms with E-state index in [2.05, 4.69) is 0 Å². The summed E-state index contributed by atoms with van der Waals surface area (Å²) in [6.07, 6.45) is 1.10. The van der Waals surface area contributed by atoms with Crippen LogP contribution in [0.15, 0.2) is 16.9 Å². The van der Waals surface area contributed by atoms with Gasteiger partial charge in [0, 0.05) is 23.9 Å². The number of fused-ring (bicyclic) bond motifs is 1. The zero-order valence-electron chi connectivity index (χ0n) is 16.8. The molecule has 0 aliphatic rings. The average molecular weight is 373 g/mol. The molecule has 0 atom stereocenters. The lowest BCUT2D eigenvalue weighted by Gasteiger charge is -2.21. The van der Waals surface area contributed by atoms with Gasteiger partial charge in [0.1, 0.15) is 11.4 Å². The van der Waals surface area contributed by atoms with Crippen molar-refractivity contribution < 1.29 is 19.4 Å². The molecule has 1 aromatic carbocycles. The van der Waals surface area contributed by atoms with Gasteiger partial charge in [-0.1, -0.05) is 6.92 Å². The van der Waals surface area contributed by atoms with E-state index in [0.717, 1.165) is 5.56 Å². The molecular formula is C21H27NO5. The molecule has 0 aliphatic heterocycles. The zero-order valence-corrected chi connectivity index (χ0v) is 16.8. The van der Waals surface area contributed by atoms with Gasteiger partial charge in [0.2, 0.25) is 0 Å². The number of hydrogen-bond donors (Lipinski definition) is 1. The number of ketones is 1. The van der Waals surface area contributed by atoms with E-state index >= 15 is 0 Å². The standard InChI is InChI=1S/C21H27NO5/c1-7-9-16(23)13-11-14-15(10-12(13)3)22(8-2)19(25)17(18(14)24)20(26)27-21(4,5)6/h10-11,24H,7-9H2,1-6H3. The van der Waals surface area contributed by atoms with Gasteiger partial charge in [-0.05, 0) is 58.7 Å². The maximum absolute atomic E-state index is 12.8. The van der Waals surface area contributed by atoms with Crippen molar-refractivity contribution in [3.63, 3.8) is 0 Å². The number of carbonyl (C=O) groups is 2. The topological polar surface area (TPSA) is 85.6 Å². The first-order valence-electron chi connectivity index (χ1n) is 9.18. The number of Topliss-reactive ketones (excluding diaryl/α,β-unsaturated/α-hetero) is 1. The lowest BCUT2D eigenvalue weighted by molar-refractivity contribution is 0.00643. The van der Waals surface area contributed by atoms with Crippen LogP contribution in [0, 0.1) is 6.92 Å². The Morgan fingerprint density at radius 3 is 2.33 bits per heavy atom. The molecule has 146 valence electrons. The van der Waals surface area contributed by atoms with E-state index in [9.17, 15) is 19.5 Å². The Kier molecular flexibility index (Phi) is 5.78. The summed E-state index contributed by atoms with van der Waals surface area (Å²) in [6, 6.07) is 3.28. The second-order valence-corrected chi connectivity index (χ2v) is 7.63. The Bertz CT molecular complexity index is 963. The third-order valence-electron chi connectivity index (χ3n) is 4.28. The summed E-state index contributed by atoms with van der Waals surface area (Å²) in [6.45, 7) is 10.9. The van der Waals surface area contributed by atoms with Crippen molar-refractivity contribution >= 4 is 22.7 Å². The lowest BCUT2D eigenvalue weighted by atomic mass is 9.97. The Morgan fingerprint density at radius 1 is 1.19 bits per heavy atom. The molecular weight excluding hydrogens is 346 g/mol. The van der Waals surface area contributed by atoms with Gasteiger partial charge in [0.15, 0.2) is 11.3 Å². The minimum Gasteiger partial charge on any atom is -0.506 e. The molecule has 0 unspecified atom stereocenters. The molecule has 1 aromatic heterocycles. The van der Waals surface area contributed by atoms with Crippen molar-refractivity contribution in [3.8, 4) is 5.75 Å². The minimum atomic E-state index is -0.879. The molecule has 1 heterocycles. The minimum absolute atomic E-state index is 0.0376. The largest absolute Gasteiger partial charge is 0.506 e. The second-order valence-electron chi connectivity index (χ2n) is 7.63. The highest BCUT2D eigenvalue weighted by Crippen LogP contribution is 2.30. The van der Waals surface area contributed by atoms with E-state index in [4.69, 9.17) is 4.74 Å². The molecule has 0 aliphatic carbocycles. The molecule has 0 bridgehead atoms. The molecule has 6 heteroatoms. The Balaban J connectivity index is 2.83. The van der Waals surface area contributed by atoms with Crippen LogP contribution in [0.3, 0.4) is 0 Å². The summed E-state index contributed by atoms with van der Waals surface area (Å²) in [5.74, 6) is -1.36. The number of benzene rings is 1. The van der Waals surface area contributed by atoms with Crippen molar-refractivity contribution in [1.82, 2.24) is 4.57 Å². The lowest BCUT2D eigenvalue weighted by Crippen LogP contribution is -2.31. The van der Waals surface area contributed by atoms with Crippen molar-refractivity contribution in [3.05, 3.63) is 39.2 Å². The Hall–Kier alpha value is -2.63. The third kappa shape index (κ3) is 4.04. The number of nitrogens with zero attached hydrogens (tertiary/aromatic N) is 1. The summed E-state index contributed by atoms with van der Waals surface area (Å²) >= 11 is 0. The smallest absolute Gasteiger partial charge is 0.348 e. The molecule has 2 aromatic rings. The fourth-order valence-electron chi connectivity index (χ4n) is 3.08. The van der Waals surface area contributed by atoms with E-state index in [1.807, 2.05) is 6.92 Å². The summed E-state index contributed by atoms with van der Waals surface area (Å²) in [5, 5.41) is 11.0. The van der Waals surface area contributed by atoms with E-state index in [1.165, 1.54) is 4.57 Å². The quantitative estimate of drug-likeness (QED) is 0.633. The maximum Gasteiger partial charge on any atom is 0.348 e. The van der Waals surface area contributed by atoms with Gasteiger partial charge in [-0.3, -0.25) is 9.59 Å². The van der Waals surface area contributed by atoms with Crippen molar-refractivity contribution in [2.75, 3.05) is 0 Å². The number of aromatic hydroxyl groups is 1. The monoisotopic (exact) mass is 373 g/mol. The SMILES string of the molecule is CCCC(=O)c1cc2c(O)c(C(=O)OC(C)(C)C)c(=O)n(CC)c2cc1C. The number of aryl methyl sites for hydroxylation is 2. The average Bonchev–Trinajstić information content (AvgIpc) is 2.53. The van der Waals surface area contributed by atoms with Gasteiger partial charge in [0.05, 0.1) is 5.52 Å². The molecule has 27 heavy (non-hydrogen) atoms. The van der Waals surface area contributed by atoms with E-state index in [0.29, 0.717) is 35.9 Å². The molecule has 0 fully saturated rings. The van der Waals surface area contributed by atoms with E-state index < -0.39 is 28.4 Å². The van der Waals surface area contributed by atoms with Crippen LogP contribution in [0.4, 0.5) is 0 Å². The Morgan fingerprint density at radius 2 is 1.81 bits per heavy atom. The van der Waals surface area contributed by atoms with Crippen LogP contribution in [0.2, 0.25) is 0 Å². The number of pyridine rings is 1. The second kappa shape index (κ2) is 7.55. The first-order valence-corrected chi connectivity index (χ1v) is 9.18. The van der Waals surface area contributed by atoms with E-state index in [1.54, 1.807) is 46.8 Å². The van der Waals surface area contributed by atoms with Gasteiger partial charge in [-0.2, -0.15) is 0 Å². The number of rotatable bonds is 5. The molecule has 6 nitrogen and oxygen atoms in total. The fourth-order valence-corrected chi connectivity index (χ4v) is 3.08. The Labute approximate surface area is 158 Å². The maximum atomic E-state index is 12.8. The van der Waals surface area contributed by atoms with Crippen molar-refractivity contribution in [2.45, 2.75) is 66.5 Å². The molecule has 2 rings (SSSR count). The van der Waals surface area contributed by atoms with Gasteiger partial charge in [-0.25, -0.2) is 4.79 Å². The summed E-state index contributed by atoms with van der Waals surface area (Å²) in [5.41, 5.74) is -0.126. The summed E-state index contributed by atoms with van der Waals surface area (Å²) < 4.78 is 6.71. The third-order valence-corrected chi connectivity index (χ3v) is 4.28. The van der Waals surface area contributed by atoms with Crippen LogP contribution in [0.5, 0.6) is 5.75 Å². The summed E-state index contributed by atoms with van der Waals surface area (Å²) in [4.78, 5) is 37.8. The molecule has 0 radical (unpaired) electrons. The number of ether oxygens (including phenoxy) is 1. The van der Waals surface area contributed by atoms with Crippen LogP contribution in [-0.2, 0) is 11.3 Å². The first kappa shape index (κ1) is 20.7. The predicted octanol–water partition coefficient (Wildman–Crippen LogP) is 3.97. The van der Waals surface area contributed by atoms with Crippen molar-refractivity contribution in [1.29, 1.82) is 0 Å². The summed E-state index contributed by atoms with van der Waals surface area (Å²) in [7, 11) is 0. The van der Waals surface area contributed by atoms with Gasteiger partial charge >= 0.3 is 5.97 Å². The van der Waals surface area contributed by atoms with Gasteiger partial charge in [-0.15, -0.1) is 0 Å². The molecule has 0 saturated heterocycles. The highest BCUT2D eigenvalue weighted by atomic mass is 16.6. The van der Waals surface area contributed by atoms with Crippen LogP contribution >= 0.6 is 0 Å².